The lowest BCUT2D eigenvalue weighted by Crippen LogP contribution is -2.64. The Morgan fingerprint density at radius 1 is 1.28 bits per heavy atom. The van der Waals surface area contributed by atoms with E-state index in [4.69, 9.17) is 0 Å². The second-order valence-corrected chi connectivity index (χ2v) is 8.66. The summed E-state index contributed by atoms with van der Waals surface area (Å²) in [5.74, 6) is -1.50. The van der Waals surface area contributed by atoms with Gasteiger partial charge in [-0.2, -0.15) is 0 Å². The molecule has 1 atom stereocenters. The van der Waals surface area contributed by atoms with Crippen LogP contribution in [0.2, 0.25) is 0 Å². The summed E-state index contributed by atoms with van der Waals surface area (Å²) in [6.07, 6.45) is 5.52. The van der Waals surface area contributed by atoms with Crippen LogP contribution in [0.5, 0.6) is 0 Å². The van der Waals surface area contributed by atoms with Crippen LogP contribution in [0.4, 0.5) is 4.39 Å². The molecule has 0 unspecified atom stereocenters. The van der Waals surface area contributed by atoms with Crippen LogP contribution >= 0.6 is 0 Å². The number of halogens is 1. The van der Waals surface area contributed by atoms with Crippen LogP contribution in [-0.4, -0.2) is 50.3 Å². The van der Waals surface area contributed by atoms with Gasteiger partial charge >= 0.3 is 0 Å². The second kappa shape index (κ2) is 8.72. The highest BCUT2D eigenvalue weighted by Gasteiger charge is 2.48. The summed E-state index contributed by atoms with van der Waals surface area (Å²) in [4.78, 5) is 45.0. The maximum Gasteiger partial charge on any atom is 0.273 e. The number of carbonyl (C=O) groups is 3. The fraction of sp³-hybridized carbons (Fsp3) is 0.478. The van der Waals surface area contributed by atoms with Gasteiger partial charge in [-0.1, -0.05) is 25.0 Å². The van der Waals surface area contributed by atoms with E-state index in [0.29, 0.717) is 12.1 Å². The van der Waals surface area contributed by atoms with Gasteiger partial charge in [-0.15, -0.1) is 0 Å². The number of carbonyl (C=O) groups excluding carboxylic acids is 3. The fourth-order valence-corrected chi connectivity index (χ4v) is 4.67. The van der Waals surface area contributed by atoms with E-state index in [1.165, 1.54) is 23.4 Å². The van der Waals surface area contributed by atoms with Crippen molar-refractivity contribution >= 4 is 17.7 Å². The van der Waals surface area contributed by atoms with Crippen LogP contribution in [0.1, 0.15) is 66.1 Å². The Morgan fingerprint density at radius 2 is 2.03 bits per heavy atom. The van der Waals surface area contributed by atoms with Crippen LogP contribution in [0.25, 0.3) is 0 Å². The summed E-state index contributed by atoms with van der Waals surface area (Å²) < 4.78 is 15.0. The number of hydrogen-bond donors (Lipinski definition) is 2. The van der Waals surface area contributed by atoms with E-state index in [1.807, 2.05) is 6.92 Å². The summed E-state index contributed by atoms with van der Waals surface area (Å²) >= 11 is 0. The molecule has 4 rings (SSSR count). The maximum absolute atomic E-state index is 13.4. The summed E-state index contributed by atoms with van der Waals surface area (Å²) in [5, 5.41) is 5.79. The molecule has 2 aromatic rings. The van der Waals surface area contributed by atoms with E-state index >= 15 is 0 Å². The van der Waals surface area contributed by atoms with Crippen molar-refractivity contribution in [2.24, 2.45) is 0 Å². The zero-order chi connectivity index (χ0) is 22.9. The second-order valence-electron chi connectivity index (χ2n) is 8.66. The Labute approximate surface area is 186 Å². The third-order valence-electron chi connectivity index (χ3n) is 6.41. The summed E-state index contributed by atoms with van der Waals surface area (Å²) in [6.45, 7) is 4.21. The zero-order valence-electron chi connectivity index (χ0n) is 18.4. The van der Waals surface area contributed by atoms with Gasteiger partial charge in [0.2, 0.25) is 5.91 Å². The molecular formula is C23H28FN5O3. The highest BCUT2D eigenvalue weighted by Crippen LogP contribution is 2.29. The van der Waals surface area contributed by atoms with Gasteiger partial charge in [-0.25, -0.2) is 9.37 Å². The molecule has 9 heteroatoms. The standard InChI is InChI=1S/C23H28FN5O3/c1-3-29-21(31)19-18(20(30)25-12-15-7-6-8-16(24)11-15)26-14-28(19)13-23(29,2)22(32)27-17-9-4-5-10-17/h6-8,11,14,17H,3-5,9-10,12-13H2,1-2H3,(H,25,30)(H,27,32)/t23-/m0/s1. The SMILES string of the molecule is CCN1C(=O)c2c(C(=O)NCc3cccc(F)c3)ncn2C[C@@]1(C)C(=O)NC1CCCC1. The molecular weight excluding hydrogens is 413 g/mol. The van der Waals surface area contributed by atoms with E-state index in [-0.39, 0.29) is 42.2 Å². The van der Waals surface area contributed by atoms with E-state index in [1.54, 1.807) is 23.6 Å². The highest BCUT2D eigenvalue weighted by atomic mass is 19.1. The summed E-state index contributed by atoms with van der Waals surface area (Å²) in [5.41, 5.74) is -0.306. The first-order valence-corrected chi connectivity index (χ1v) is 11.0. The number of nitrogens with zero attached hydrogens (tertiary/aromatic N) is 3. The van der Waals surface area contributed by atoms with Crippen molar-refractivity contribution in [2.75, 3.05) is 6.54 Å². The number of likely N-dealkylation sites (N-methyl/N-ethyl adjacent to an activating group) is 1. The largest absolute Gasteiger partial charge is 0.351 e. The molecule has 1 fully saturated rings. The number of nitrogens with one attached hydrogen (secondary N) is 2. The molecule has 1 aliphatic carbocycles. The van der Waals surface area contributed by atoms with Gasteiger partial charge in [-0.05, 0) is 44.4 Å². The molecule has 0 bridgehead atoms. The quantitative estimate of drug-likeness (QED) is 0.719. The summed E-state index contributed by atoms with van der Waals surface area (Å²) in [7, 11) is 0. The average molecular weight is 442 g/mol. The Hall–Kier alpha value is -3.23. The van der Waals surface area contributed by atoms with Crippen molar-refractivity contribution in [1.82, 2.24) is 25.1 Å². The number of aromatic nitrogens is 2. The number of rotatable bonds is 6. The molecule has 1 aliphatic heterocycles. The van der Waals surface area contributed by atoms with E-state index in [0.717, 1.165) is 25.7 Å². The van der Waals surface area contributed by atoms with Gasteiger partial charge in [0.05, 0.1) is 12.9 Å². The topological polar surface area (TPSA) is 96.3 Å². The molecule has 8 nitrogen and oxygen atoms in total. The lowest BCUT2D eigenvalue weighted by molar-refractivity contribution is -0.133. The molecule has 32 heavy (non-hydrogen) atoms. The molecule has 1 aromatic heterocycles. The van der Waals surface area contributed by atoms with Crippen molar-refractivity contribution in [3.05, 3.63) is 53.4 Å². The van der Waals surface area contributed by atoms with Gasteiger partial charge in [-0.3, -0.25) is 14.4 Å². The molecule has 0 spiro atoms. The van der Waals surface area contributed by atoms with Crippen molar-refractivity contribution in [1.29, 1.82) is 0 Å². The highest BCUT2D eigenvalue weighted by molar-refractivity contribution is 6.07. The molecule has 1 aromatic carbocycles. The van der Waals surface area contributed by atoms with Gasteiger partial charge < -0.3 is 20.1 Å². The predicted molar refractivity (Wildman–Crippen MR) is 115 cm³/mol. The minimum atomic E-state index is -1.07. The van der Waals surface area contributed by atoms with Crippen LogP contribution in [0.3, 0.4) is 0 Å². The van der Waals surface area contributed by atoms with Crippen molar-refractivity contribution in [3.8, 4) is 0 Å². The monoisotopic (exact) mass is 441 g/mol. The lowest BCUT2D eigenvalue weighted by Gasteiger charge is -2.43. The summed E-state index contributed by atoms with van der Waals surface area (Å²) in [6, 6.07) is 6.07. The van der Waals surface area contributed by atoms with Crippen molar-refractivity contribution in [2.45, 2.75) is 64.2 Å². The Bertz CT molecular complexity index is 1050. The first-order chi connectivity index (χ1) is 15.3. The number of fused-ring (bicyclic) bond motifs is 1. The van der Waals surface area contributed by atoms with Gasteiger partial charge in [0.1, 0.15) is 17.1 Å². The van der Waals surface area contributed by atoms with Gasteiger partial charge in [0, 0.05) is 19.1 Å². The number of imidazole rings is 1. The van der Waals surface area contributed by atoms with Gasteiger partial charge in [0.25, 0.3) is 11.8 Å². The minimum Gasteiger partial charge on any atom is -0.351 e. The molecule has 2 aliphatic rings. The zero-order valence-corrected chi connectivity index (χ0v) is 18.4. The first-order valence-electron chi connectivity index (χ1n) is 11.0. The average Bonchev–Trinajstić information content (AvgIpc) is 3.42. The van der Waals surface area contributed by atoms with E-state index < -0.39 is 17.4 Å². The number of amides is 3. The molecule has 170 valence electrons. The fourth-order valence-electron chi connectivity index (χ4n) is 4.67. The van der Waals surface area contributed by atoms with Crippen molar-refractivity contribution < 1.29 is 18.8 Å². The van der Waals surface area contributed by atoms with Crippen LogP contribution in [-0.2, 0) is 17.9 Å². The molecule has 3 amide bonds. The number of benzene rings is 1. The lowest BCUT2D eigenvalue weighted by atomic mass is 9.94. The Morgan fingerprint density at radius 3 is 2.72 bits per heavy atom. The third-order valence-corrected chi connectivity index (χ3v) is 6.41. The minimum absolute atomic E-state index is 0.00287. The molecule has 0 saturated heterocycles. The third kappa shape index (κ3) is 3.99. The molecule has 2 N–H and O–H groups in total. The van der Waals surface area contributed by atoms with Gasteiger partial charge in [0.15, 0.2) is 5.69 Å². The normalized spacial score (nSPS) is 20.8. The Balaban J connectivity index is 1.54. The van der Waals surface area contributed by atoms with Crippen LogP contribution in [0.15, 0.2) is 30.6 Å². The first kappa shape index (κ1) is 22.0. The number of hydrogen-bond acceptors (Lipinski definition) is 4. The molecule has 0 radical (unpaired) electrons. The predicted octanol–water partition coefficient (Wildman–Crippen LogP) is 2.25. The van der Waals surface area contributed by atoms with Crippen LogP contribution < -0.4 is 10.6 Å². The van der Waals surface area contributed by atoms with Crippen LogP contribution in [0, 0.1) is 5.82 Å². The van der Waals surface area contributed by atoms with E-state index in [2.05, 4.69) is 15.6 Å². The Kier molecular flexibility index (Phi) is 5.99. The smallest absolute Gasteiger partial charge is 0.273 e. The molecule has 2 heterocycles. The van der Waals surface area contributed by atoms with Crippen molar-refractivity contribution in [3.63, 3.8) is 0 Å². The molecule has 1 saturated carbocycles. The maximum atomic E-state index is 13.4. The van der Waals surface area contributed by atoms with E-state index in [9.17, 15) is 18.8 Å².